The van der Waals surface area contributed by atoms with E-state index >= 15 is 0 Å². The van der Waals surface area contributed by atoms with Crippen LogP contribution < -0.4 is 20.9 Å². The van der Waals surface area contributed by atoms with Gasteiger partial charge in [-0.15, -0.1) is 0 Å². The molecule has 3 N–H and O–H groups in total. The van der Waals surface area contributed by atoms with Gasteiger partial charge in [-0.05, 0) is 23.8 Å². The number of urea groups is 1. The minimum absolute atomic E-state index is 0.0226. The highest BCUT2D eigenvalue weighted by Crippen LogP contribution is 2.07. The van der Waals surface area contributed by atoms with Gasteiger partial charge in [0.1, 0.15) is 11.6 Å². The maximum Gasteiger partial charge on any atom is 0.315 e. The Bertz CT molecular complexity index is 750. The molecule has 2 aromatic rings. The summed E-state index contributed by atoms with van der Waals surface area (Å²) in [4.78, 5) is 29.7. The highest BCUT2D eigenvalue weighted by Gasteiger charge is 2.09. The number of nitrogens with one attached hydrogen (secondary N) is 3. The van der Waals surface area contributed by atoms with Crippen LogP contribution in [0.3, 0.4) is 0 Å². The molecule has 8 heteroatoms. The summed E-state index contributed by atoms with van der Waals surface area (Å²) in [6, 6.07) is 9.12. The second-order valence-electron chi connectivity index (χ2n) is 5.76. The molecule has 1 aromatic carbocycles. The van der Waals surface area contributed by atoms with E-state index in [-0.39, 0.29) is 24.7 Å². The van der Waals surface area contributed by atoms with Crippen LogP contribution in [0.5, 0.6) is 0 Å². The van der Waals surface area contributed by atoms with Crippen molar-refractivity contribution < 1.29 is 14.0 Å². The predicted octanol–water partition coefficient (Wildman–Crippen LogP) is 1.52. The van der Waals surface area contributed by atoms with Gasteiger partial charge in [-0.3, -0.25) is 4.79 Å². The zero-order valence-electron chi connectivity index (χ0n) is 14.8. The van der Waals surface area contributed by atoms with E-state index in [1.165, 1.54) is 18.2 Å². The Morgan fingerprint density at radius 1 is 1.04 bits per heavy atom. The van der Waals surface area contributed by atoms with Crippen LogP contribution in [0.15, 0.2) is 42.6 Å². The Hall–Kier alpha value is -3.16. The van der Waals surface area contributed by atoms with Crippen molar-refractivity contribution in [2.45, 2.75) is 6.54 Å². The molecular weight excluding hydrogens is 337 g/mol. The number of nitrogens with zero attached hydrogens (tertiary/aromatic N) is 2. The number of halogens is 1. The lowest BCUT2D eigenvalue weighted by Gasteiger charge is -2.12. The van der Waals surface area contributed by atoms with Gasteiger partial charge in [0.25, 0.3) is 5.91 Å². The summed E-state index contributed by atoms with van der Waals surface area (Å²) in [5, 5.41) is 7.87. The maximum absolute atomic E-state index is 13.5. The number of benzene rings is 1. The number of aromatic nitrogens is 1. The van der Waals surface area contributed by atoms with Gasteiger partial charge in [0.05, 0.1) is 5.56 Å². The monoisotopic (exact) mass is 359 g/mol. The van der Waals surface area contributed by atoms with E-state index in [0.717, 1.165) is 11.4 Å². The Kier molecular flexibility index (Phi) is 6.90. The standard InChI is InChI=1S/C18H22FN5O2/c1-24(2)16-8-7-13(11-22-16)12-23-18(26)21-10-9-20-17(25)14-5-3-4-6-15(14)19/h3-8,11H,9-10,12H2,1-2H3,(H,20,25)(H2,21,23,26). The molecule has 138 valence electrons. The number of amides is 3. The first-order valence-electron chi connectivity index (χ1n) is 8.14. The largest absolute Gasteiger partial charge is 0.363 e. The van der Waals surface area contributed by atoms with Crippen molar-refractivity contribution in [2.75, 3.05) is 32.1 Å². The molecule has 1 heterocycles. The molecular formula is C18H22FN5O2. The van der Waals surface area contributed by atoms with Crippen molar-refractivity contribution in [1.29, 1.82) is 0 Å². The molecule has 0 saturated heterocycles. The number of hydrogen-bond acceptors (Lipinski definition) is 4. The minimum atomic E-state index is -0.579. The van der Waals surface area contributed by atoms with Crippen LogP contribution in [0.2, 0.25) is 0 Å². The molecule has 0 aliphatic carbocycles. The van der Waals surface area contributed by atoms with E-state index in [9.17, 15) is 14.0 Å². The molecule has 2 rings (SSSR count). The molecule has 26 heavy (non-hydrogen) atoms. The Balaban J connectivity index is 1.66. The van der Waals surface area contributed by atoms with Crippen LogP contribution in [0.4, 0.5) is 15.0 Å². The molecule has 3 amide bonds. The molecule has 7 nitrogen and oxygen atoms in total. The first kappa shape index (κ1) is 19.2. The van der Waals surface area contributed by atoms with E-state index in [1.807, 2.05) is 31.1 Å². The summed E-state index contributed by atoms with van der Waals surface area (Å²) in [5.41, 5.74) is 0.851. The molecule has 0 saturated carbocycles. The normalized spacial score (nSPS) is 10.1. The lowest BCUT2D eigenvalue weighted by Crippen LogP contribution is -2.40. The van der Waals surface area contributed by atoms with Crippen LogP contribution >= 0.6 is 0 Å². The highest BCUT2D eigenvalue weighted by atomic mass is 19.1. The van der Waals surface area contributed by atoms with Crippen molar-refractivity contribution in [2.24, 2.45) is 0 Å². The van der Waals surface area contributed by atoms with Crippen LogP contribution in [0.25, 0.3) is 0 Å². The topological polar surface area (TPSA) is 86.4 Å². The zero-order chi connectivity index (χ0) is 18.9. The molecule has 0 bridgehead atoms. The fraction of sp³-hybridized carbons (Fsp3) is 0.278. The van der Waals surface area contributed by atoms with Gasteiger partial charge in [0, 0.05) is 39.9 Å². The van der Waals surface area contributed by atoms with Gasteiger partial charge < -0.3 is 20.9 Å². The molecule has 0 aliphatic rings. The van der Waals surface area contributed by atoms with Crippen molar-refractivity contribution in [3.8, 4) is 0 Å². The highest BCUT2D eigenvalue weighted by molar-refractivity contribution is 5.94. The molecule has 0 aliphatic heterocycles. The Labute approximate surface area is 151 Å². The first-order chi connectivity index (χ1) is 12.5. The average molecular weight is 359 g/mol. The zero-order valence-corrected chi connectivity index (χ0v) is 14.8. The Morgan fingerprint density at radius 2 is 1.77 bits per heavy atom. The molecule has 0 spiro atoms. The van der Waals surface area contributed by atoms with E-state index in [4.69, 9.17) is 0 Å². The summed E-state index contributed by atoms with van der Waals surface area (Å²) < 4.78 is 13.5. The Morgan fingerprint density at radius 3 is 2.42 bits per heavy atom. The lowest BCUT2D eigenvalue weighted by molar-refractivity contribution is 0.0950. The van der Waals surface area contributed by atoms with Crippen molar-refractivity contribution in [3.63, 3.8) is 0 Å². The molecule has 0 radical (unpaired) electrons. The summed E-state index contributed by atoms with van der Waals surface area (Å²) in [6.45, 7) is 0.762. The van der Waals surface area contributed by atoms with E-state index in [1.54, 1.807) is 12.3 Å². The van der Waals surface area contributed by atoms with E-state index < -0.39 is 11.7 Å². The molecule has 0 atom stereocenters. The summed E-state index contributed by atoms with van der Waals surface area (Å²) >= 11 is 0. The number of anilines is 1. The number of hydrogen-bond donors (Lipinski definition) is 3. The van der Waals surface area contributed by atoms with Gasteiger partial charge >= 0.3 is 6.03 Å². The smallest absolute Gasteiger partial charge is 0.315 e. The SMILES string of the molecule is CN(C)c1ccc(CNC(=O)NCCNC(=O)c2ccccc2F)cn1. The molecule has 0 fully saturated rings. The fourth-order valence-corrected chi connectivity index (χ4v) is 2.12. The van der Waals surface area contributed by atoms with E-state index in [2.05, 4.69) is 20.9 Å². The first-order valence-corrected chi connectivity index (χ1v) is 8.14. The van der Waals surface area contributed by atoms with Gasteiger partial charge in [0.15, 0.2) is 0 Å². The molecule has 0 unspecified atom stereocenters. The third-order valence-corrected chi connectivity index (χ3v) is 3.53. The van der Waals surface area contributed by atoms with Crippen LogP contribution in [0.1, 0.15) is 15.9 Å². The van der Waals surface area contributed by atoms with Crippen LogP contribution in [0, 0.1) is 5.82 Å². The maximum atomic E-state index is 13.5. The van der Waals surface area contributed by atoms with Crippen molar-refractivity contribution >= 4 is 17.8 Å². The van der Waals surface area contributed by atoms with Gasteiger partial charge in [0.2, 0.25) is 0 Å². The number of pyridine rings is 1. The van der Waals surface area contributed by atoms with Gasteiger partial charge in [-0.2, -0.15) is 0 Å². The minimum Gasteiger partial charge on any atom is -0.363 e. The molecule has 1 aromatic heterocycles. The van der Waals surface area contributed by atoms with Crippen LogP contribution in [-0.2, 0) is 6.54 Å². The number of carbonyl (C=O) groups excluding carboxylic acids is 2. The summed E-state index contributed by atoms with van der Waals surface area (Å²) in [7, 11) is 3.80. The van der Waals surface area contributed by atoms with Crippen molar-refractivity contribution in [1.82, 2.24) is 20.9 Å². The second kappa shape index (κ2) is 9.36. The third kappa shape index (κ3) is 5.73. The third-order valence-electron chi connectivity index (χ3n) is 3.53. The van der Waals surface area contributed by atoms with Crippen LogP contribution in [-0.4, -0.2) is 44.1 Å². The lowest BCUT2D eigenvalue weighted by atomic mass is 10.2. The number of carbonyl (C=O) groups is 2. The van der Waals surface area contributed by atoms with E-state index in [0.29, 0.717) is 6.54 Å². The average Bonchev–Trinajstić information content (AvgIpc) is 2.64. The van der Waals surface area contributed by atoms with Gasteiger partial charge in [-0.25, -0.2) is 14.2 Å². The quantitative estimate of drug-likeness (QED) is 0.654. The summed E-state index contributed by atoms with van der Waals surface area (Å²) in [6.07, 6.45) is 1.70. The predicted molar refractivity (Wildman–Crippen MR) is 97.5 cm³/mol. The number of rotatable bonds is 7. The second-order valence-corrected chi connectivity index (χ2v) is 5.76. The fourth-order valence-electron chi connectivity index (χ4n) is 2.12. The van der Waals surface area contributed by atoms with Gasteiger partial charge in [-0.1, -0.05) is 18.2 Å². The summed E-state index contributed by atoms with van der Waals surface area (Å²) in [5.74, 6) is -0.259. The van der Waals surface area contributed by atoms with Crippen molar-refractivity contribution in [3.05, 3.63) is 59.5 Å².